The van der Waals surface area contributed by atoms with Crippen molar-refractivity contribution in [1.29, 1.82) is 0 Å². The fourth-order valence-corrected chi connectivity index (χ4v) is 1.77. The molecule has 1 rings (SSSR count). The van der Waals surface area contributed by atoms with Gasteiger partial charge in [0.1, 0.15) is 0 Å². The summed E-state index contributed by atoms with van der Waals surface area (Å²) in [6.45, 7) is 1.97. The van der Waals surface area contributed by atoms with Crippen LogP contribution in [-0.4, -0.2) is 13.1 Å². The van der Waals surface area contributed by atoms with Crippen LogP contribution in [-0.2, 0) is 6.42 Å². The van der Waals surface area contributed by atoms with Gasteiger partial charge in [0, 0.05) is 6.42 Å². The van der Waals surface area contributed by atoms with E-state index >= 15 is 0 Å². The molecule has 0 aliphatic heterocycles. The predicted molar refractivity (Wildman–Crippen MR) is 59.0 cm³/mol. The molecule has 0 saturated carbocycles. The van der Waals surface area contributed by atoms with Crippen LogP contribution in [0.15, 0.2) is 18.2 Å². The Kier molecular flexibility index (Phi) is 4.83. The van der Waals surface area contributed by atoms with E-state index in [0.717, 1.165) is 12.5 Å². The first-order valence-electron chi connectivity index (χ1n) is 5.49. The minimum absolute atomic E-state index is 0.0329. The Morgan fingerprint density at radius 3 is 2.62 bits per heavy atom. The van der Waals surface area contributed by atoms with Crippen LogP contribution in [0.25, 0.3) is 0 Å². The summed E-state index contributed by atoms with van der Waals surface area (Å²) in [5, 5.41) is 11.4. The molecule has 0 saturated heterocycles. The highest BCUT2D eigenvalue weighted by molar-refractivity contribution is 5.19. The molecule has 0 spiro atoms. The van der Waals surface area contributed by atoms with Gasteiger partial charge in [-0.3, -0.25) is 0 Å². The van der Waals surface area contributed by atoms with Crippen molar-refractivity contribution in [3.63, 3.8) is 0 Å². The van der Waals surface area contributed by atoms with E-state index in [1.807, 2.05) is 6.92 Å². The number of hydrogen-bond acceptors (Lipinski definition) is 1. The quantitative estimate of drug-likeness (QED) is 0.764. The number of quaternary nitrogens is 1. The summed E-state index contributed by atoms with van der Waals surface area (Å²) >= 11 is 0. The van der Waals surface area contributed by atoms with Gasteiger partial charge in [0.2, 0.25) is 0 Å². The van der Waals surface area contributed by atoms with Gasteiger partial charge in [-0.2, -0.15) is 0 Å². The van der Waals surface area contributed by atoms with Crippen molar-refractivity contribution in [2.75, 3.05) is 7.05 Å². The van der Waals surface area contributed by atoms with Gasteiger partial charge in [0.05, 0.1) is 13.1 Å². The van der Waals surface area contributed by atoms with Crippen LogP contribution in [0.2, 0.25) is 0 Å². The first kappa shape index (κ1) is 13.1. The SMILES string of the molecule is CCCC(Cc1cccc(F)c1F)[NH+](C)[O-]. The minimum atomic E-state index is -0.851. The number of rotatable bonds is 5. The predicted octanol–water partition coefficient (Wildman–Crippen LogP) is 1.69. The van der Waals surface area contributed by atoms with E-state index in [0.29, 0.717) is 6.42 Å². The number of nitrogens with one attached hydrogen (secondary N) is 1. The maximum Gasteiger partial charge on any atom is 0.162 e. The average Bonchev–Trinajstić information content (AvgIpc) is 2.23. The first-order chi connectivity index (χ1) is 7.56. The first-order valence-corrected chi connectivity index (χ1v) is 5.49. The van der Waals surface area contributed by atoms with Crippen LogP contribution in [0.4, 0.5) is 8.78 Å². The Balaban J connectivity index is 2.81. The van der Waals surface area contributed by atoms with E-state index in [-0.39, 0.29) is 23.1 Å². The van der Waals surface area contributed by atoms with Crippen LogP contribution in [0.3, 0.4) is 0 Å². The van der Waals surface area contributed by atoms with E-state index in [2.05, 4.69) is 0 Å². The Morgan fingerprint density at radius 1 is 1.38 bits per heavy atom. The van der Waals surface area contributed by atoms with Crippen LogP contribution in [0.1, 0.15) is 25.3 Å². The second-order valence-corrected chi connectivity index (χ2v) is 4.01. The molecule has 0 amide bonds. The Hall–Kier alpha value is -1.00. The third kappa shape index (κ3) is 3.25. The van der Waals surface area contributed by atoms with Crippen molar-refractivity contribution in [3.05, 3.63) is 40.6 Å². The third-order valence-electron chi connectivity index (χ3n) is 2.71. The molecule has 0 aromatic heterocycles. The molecule has 0 aliphatic rings. The average molecular weight is 229 g/mol. The molecule has 4 heteroatoms. The zero-order valence-electron chi connectivity index (χ0n) is 9.59. The zero-order valence-corrected chi connectivity index (χ0v) is 9.59. The fourth-order valence-electron chi connectivity index (χ4n) is 1.77. The second kappa shape index (κ2) is 5.92. The monoisotopic (exact) mass is 229 g/mol. The van der Waals surface area contributed by atoms with Crippen molar-refractivity contribution in [1.82, 2.24) is 0 Å². The van der Waals surface area contributed by atoms with Gasteiger partial charge in [-0.1, -0.05) is 25.5 Å². The standard InChI is InChI=1S/C12H17F2NO/c1-3-5-10(15(2)16)8-9-6-4-7-11(13)12(9)14/h4,6-7,10,15H,3,5,8H2,1-2H3. The van der Waals surface area contributed by atoms with E-state index in [1.165, 1.54) is 19.2 Å². The molecule has 0 heterocycles. The number of likely N-dealkylation sites (N-methyl/N-ethyl adjacent to an activating group) is 1. The van der Waals surface area contributed by atoms with Crippen LogP contribution in [0.5, 0.6) is 0 Å². The molecule has 1 N–H and O–H groups in total. The van der Waals surface area contributed by atoms with Crippen molar-refractivity contribution in [3.8, 4) is 0 Å². The van der Waals surface area contributed by atoms with Crippen molar-refractivity contribution < 1.29 is 13.8 Å². The Morgan fingerprint density at radius 2 is 2.06 bits per heavy atom. The molecule has 0 fully saturated rings. The highest BCUT2D eigenvalue weighted by Gasteiger charge is 2.16. The number of benzene rings is 1. The van der Waals surface area contributed by atoms with Crippen LogP contribution in [0, 0.1) is 16.8 Å². The van der Waals surface area contributed by atoms with Crippen molar-refractivity contribution >= 4 is 0 Å². The molecule has 0 aliphatic carbocycles. The lowest BCUT2D eigenvalue weighted by Gasteiger charge is -2.27. The number of halogens is 2. The van der Waals surface area contributed by atoms with E-state index < -0.39 is 11.6 Å². The molecule has 2 unspecified atom stereocenters. The van der Waals surface area contributed by atoms with Gasteiger partial charge in [-0.15, -0.1) is 0 Å². The van der Waals surface area contributed by atoms with E-state index in [9.17, 15) is 14.0 Å². The van der Waals surface area contributed by atoms with E-state index in [4.69, 9.17) is 0 Å². The summed E-state index contributed by atoms with van der Waals surface area (Å²) in [5.41, 5.74) is 0.286. The van der Waals surface area contributed by atoms with Gasteiger partial charge in [-0.25, -0.2) is 8.78 Å². The fraction of sp³-hybridized carbons (Fsp3) is 0.500. The molecule has 2 nitrogen and oxygen atoms in total. The van der Waals surface area contributed by atoms with Crippen molar-refractivity contribution in [2.45, 2.75) is 32.2 Å². The molecular formula is C12H17F2NO. The van der Waals surface area contributed by atoms with Gasteiger partial charge < -0.3 is 10.3 Å². The Bertz CT molecular complexity index is 342. The third-order valence-corrected chi connectivity index (χ3v) is 2.71. The Labute approximate surface area is 94.5 Å². The maximum absolute atomic E-state index is 13.4. The molecular weight excluding hydrogens is 212 g/mol. The van der Waals surface area contributed by atoms with Crippen molar-refractivity contribution in [2.24, 2.45) is 0 Å². The summed E-state index contributed by atoms with van der Waals surface area (Å²) in [4.78, 5) is 0. The summed E-state index contributed by atoms with van der Waals surface area (Å²) in [7, 11) is 1.50. The van der Waals surface area contributed by atoms with Gasteiger partial charge >= 0.3 is 0 Å². The molecule has 0 radical (unpaired) electrons. The van der Waals surface area contributed by atoms with Gasteiger partial charge in [0.25, 0.3) is 0 Å². The summed E-state index contributed by atoms with van der Waals surface area (Å²) in [5.74, 6) is -1.68. The largest absolute Gasteiger partial charge is 0.634 e. The summed E-state index contributed by atoms with van der Waals surface area (Å²) < 4.78 is 26.3. The summed E-state index contributed by atoms with van der Waals surface area (Å²) in [6, 6.07) is 3.88. The number of hydroxylamine groups is 2. The normalized spacial score (nSPS) is 14.8. The van der Waals surface area contributed by atoms with Gasteiger partial charge in [-0.05, 0) is 18.1 Å². The number of hydrogen-bond donors (Lipinski definition) is 1. The topological polar surface area (TPSA) is 27.5 Å². The van der Waals surface area contributed by atoms with Crippen LogP contribution < -0.4 is 5.06 Å². The zero-order chi connectivity index (χ0) is 12.1. The van der Waals surface area contributed by atoms with E-state index in [1.54, 1.807) is 0 Å². The lowest BCUT2D eigenvalue weighted by Crippen LogP contribution is -3.08. The van der Waals surface area contributed by atoms with Gasteiger partial charge in [0.15, 0.2) is 11.6 Å². The molecule has 90 valence electrons. The smallest absolute Gasteiger partial charge is 0.162 e. The molecule has 1 aromatic carbocycles. The lowest BCUT2D eigenvalue weighted by atomic mass is 10.0. The molecule has 1 aromatic rings. The highest BCUT2D eigenvalue weighted by atomic mass is 19.2. The maximum atomic E-state index is 13.4. The van der Waals surface area contributed by atoms with Crippen LogP contribution >= 0.6 is 0 Å². The lowest BCUT2D eigenvalue weighted by molar-refractivity contribution is -0.854. The second-order valence-electron chi connectivity index (χ2n) is 4.01. The molecule has 0 bridgehead atoms. The minimum Gasteiger partial charge on any atom is -0.634 e. The summed E-state index contributed by atoms with van der Waals surface area (Å²) in [6.07, 6.45) is 1.86. The molecule has 16 heavy (non-hydrogen) atoms. The molecule has 2 atom stereocenters. The highest BCUT2D eigenvalue weighted by Crippen LogP contribution is 2.13.